The largest absolute Gasteiger partial charge is 0.384 e. The standard InChI is InChI=1S/C11H11Br2N3/c1-6-10(15-16(2)11(6)14)8-4-3-7(12)5-9(8)13/h3-5H,14H2,1-2H3. The maximum absolute atomic E-state index is 5.90. The Morgan fingerprint density at radius 1 is 1.31 bits per heavy atom. The highest BCUT2D eigenvalue weighted by atomic mass is 79.9. The molecule has 3 nitrogen and oxygen atoms in total. The van der Waals surface area contributed by atoms with E-state index in [4.69, 9.17) is 5.73 Å². The zero-order valence-corrected chi connectivity index (χ0v) is 12.1. The quantitative estimate of drug-likeness (QED) is 0.860. The third-order valence-electron chi connectivity index (χ3n) is 2.52. The van der Waals surface area contributed by atoms with Crippen LogP contribution in [0.5, 0.6) is 0 Å². The Morgan fingerprint density at radius 3 is 2.50 bits per heavy atom. The van der Waals surface area contributed by atoms with Crippen LogP contribution in [0.25, 0.3) is 11.3 Å². The minimum atomic E-state index is 0.699. The Bertz CT molecular complexity index is 546. The molecule has 2 aromatic rings. The molecule has 2 N–H and O–H groups in total. The van der Waals surface area contributed by atoms with E-state index in [9.17, 15) is 0 Å². The van der Waals surface area contributed by atoms with Crippen LogP contribution in [0.3, 0.4) is 0 Å². The molecule has 0 spiro atoms. The van der Waals surface area contributed by atoms with Gasteiger partial charge in [-0.05, 0) is 19.1 Å². The summed E-state index contributed by atoms with van der Waals surface area (Å²) in [5.41, 5.74) is 8.87. The Balaban J connectivity index is 2.63. The highest BCUT2D eigenvalue weighted by molar-refractivity contribution is 9.11. The van der Waals surface area contributed by atoms with Crippen LogP contribution in [0.2, 0.25) is 0 Å². The monoisotopic (exact) mass is 343 g/mol. The number of rotatable bonds is 1. The lowest BCUT2D eigenvalue weighted by Crippen LogP contribution is -1.97. The highest BCUT2D eigenvalue weighted by Crippen LogP contribution is 2.33. The molecule has 2 rings (SSSR count). The molecule has 0 amide bonds. The summed E-state index contributed by atoms with van der Waals surface area (Å²) in [6, 6.07) is 6.01. The van der Waals surface area contributed by atoms with Gasteiger partial charge in [-0.1, -0.05) is 37.9 Å². The second kappa shape index (κ2) is 4.22. The van der Waals surface area contributed by atoms with Crippen molar-refractivity contribution >= 4 is 37.7 Å². The number of nitrogens with zero attached hydrogens (tertiary/aromatic N) is 2. The molecule has 0 saturated heterocycles. The Hall–Kier alpha value is -0.810. The van der Waals surface area contributed by atoms with Gasteiger partial charge in [-0.25, -0.2) is 0 Å². The van der Waals surface area contributed by atoms with Gasteiger partial charge in [0.05, 0.1) is 5.69 Å². The summed E-state index contributed by atoms with van der Waals surface area (Å²) in [6.45, 7) is 1.98. The molecule has 0 radical (unpaired) electrons. The minimum absolute atomic E-state index is 0.699. The van der Waals surface area contributed by atoms with Crippen molar-refractivity contribution in [1.82, 2.24) is 9.78 Å². The summed E-state index contributed by atoms with van der Waals surface area (Å²) in [7, 11) is 1.85. The van der Waals surface area contributed by atoms with Crippen LogP contribution in [0.1, 0.15) is 5.56 Å². The first-order chi connectivity index (χ1) is 7.50. The maximum atomic E-state index is 5.90. The Morgan fingerprint density at radius 2 is 2.00 bits per heavy atom. The second-order valence-corrected chi connectivity index (χ2v) is 5.38. The third-order valence-corrected chi connectivity index (χ3v) is 3.67. The molecule has 0 bridgehead atoms. The van der Waals surface area contributed by atoms with Gasteiger partial charge in [-0.15, -0.1) is 0 Å². The van der Waals surface area contributed by atoms with Gasteiger partial charge in [0.2, 0.25) is 0 Å². The van der Waals surface area contributed by atoms with Gasteiger partial charge in [0.1, 0.15) is 5.82 Å². The van der Waals surface area contributed by atoms with Crippen LogP contribution in [0.4, 0.5) is 5.82 Å². The van der Waals surface area contributed by atoms with E-state index in [-0.39, 0.29) is 0 Å². The van der Waals surface area contributed by atoms with Crippen LogP contribution in [0, 0.1) is 6.92 Å². The predicted octanol–water partition coefficient (Wildman–Crippen LogP) is 3.50. The number of aryl methyl sites for hydroxylation is 1. The van der Waals surface area contributed by atoms with Gasteiger partial charge in [-0.2, -0.15) is 5.10 Å². The summed E-state index contributed by atoms with van der Waals surface area (Å²) >= 11 is 6.96. The fourth-order valence-corrected chi connectivity index (χ4v) is 2.82. The van der Waals surface area contributed by atoms with Gasteiger partial charge in [0.25, 0.3) is 0 Å². The first-order valence-corrected chi connectivity index (χ1v) is 6.34. The number of halogens is 2. The minimum Gasteiger partial charge on any atom is -0.384 e. The molecule has 0 aliphatic carbocycles. The molecule has 1 heterocycles. The van der Waals surface area contributed by atoms with E-state index in [0.717, 1.165) is 25.8 Å². The van der Waals surface area contributed by atoms with E-state index in [0.29, 0.717) is 5.82 Å². The Kier molecular flexibility index (Phi) is 3.08. The molecule has 1 aromatic heterocycles. The second-order valence-electron chi connectivity index (χ2n) is 3.61. The molecule has 0 fully saturated rings. The molecule has 0 aliphatic heterocycles. The smallest absolute Gasteiger partial charge is 0.124 e. The first kappa shape index (κ1) is 11.7. The number of anilines is 1. The lowest BCUT2D eigenvalue weighted by Gasteiger charge is -2.02. The van der Waals surface area contributed by atoms with Crippen molar-refractivity contribution in [1.29, 1.82) is 0 Å². The summed E-state index contributed by atoms with van der Waals surface area (Å²) < 4.78 is 3.73. The van der Waals surface area contributed by atoms with Gasteiger partial charge in [-0.3, -0.25) is 4.68 Å². The van der Waals surface area contributed by atoms with Crippen molar-refractivity contribution in [2.45, 2.75) is 6.92 Å². The molecule has 1 aromatic carbocycles. The molecule has 0 saturated carbocycles. The third kappa shape index (κ3) is 1.89. The van der Waals surface area contributed by atoms with E-state index < -0.39 is 0 Å². The van der Waals surface area contributed by atoms with Crippen molar-refractivity contribution in [3.63, 3.8) is 0 Å². The van der Waals surface area contributed by atoms with E-state index in [2.05, 4.69) is 37.0 Å². The van der Waals surface area contributed by atoms with Gasteiger partial charge in [0, 0.05) is 27.1 Å². The zero-order chi connectivity index (χ0) is 11.9. The lowest BCUT2D eigenvalue weighted by molar-refractivity contribution is 0.782. The SMILES string of the molecule is Cc1c(-c2ccc(Br)cc2Br)nn(C)c1N. The number of nitrogen functional groups attached to an aromatic ring is 1. The van der Waals surface area contributed by atoms with Gasteiger partial charge >= 0.3 is 0 Å². The fourth-order valence-electron chi connectivity index (χ4n) is 1.58. The number of hydrogen-bond donors (Lipinski definition) is 1. The fraction of sp³-hybridized carbons (Fsp3) is 0.182. The Labute approximate surface area is 111 Å². The number of aromatic nitrogens is 2. The predicted molar refractivity (Wildman–Crippen MR) is 73.2 cm³/mol. The molecule has 0 atom stereocenters. The van der Waals surface area contributed by atoms with Crippen LogP contribution < -0.4 is 5.73 Å². The molecular formula is C11H11Br2N3. The molecule has 0 unspecified atom stereocenters. The summed E-state index contributed by atoms with van der Waals surface area (Å²) in [4.78, 5) is 0. The van der Waals surface area contributed by atoms with Crippen LogP contribution in [-0.4, -0.2) is 9.78 Å². The maximum Gasteiger partial charge on any atom is 0.124 e. The number of hydrogen-bond acceptors (Lipinski definition) is 2. The summed E-state index contributed by atoms with van der Waals surface area (Å²) in [6.07, 6.45) is 0. The molecule has 5 heteroatoms. The topological polar surface area (TPSA) is 43.8 Å². The molecule has 84 valence electrons. The van der Waals surface area contributed by atoms with Crippen molar-refractivity contribution in [2.75, 3.05) is 5.73 Å². The lowest BCUT2D eigenvalue weighted by atomic mass is 10.1. The first-order valence-electron chi connectivity index (χ1n) is 4.75. The van der Waals surface area contributed by atoms with Crippen LogP contribution >= 0.6 is 31.9 Å². The molecular weight excluding hydrogens is 334 g/mol. The van der Waals surface area contributed by atoms with Crippen molar-refractivity contribution in [3.05, 3.63) is 32.7 Å². The van der Waals surface area contributed by atoms with E-state index in [1.165, 1.54) is 0 Å². The normalized spacial score (nSPS) is 10.8. The highest BCUT2D eigenvalue weighted by Gasteiger charge is 2.13. The molecule has 0 aliphatic rings. The van der Waals surface area contributed by atoms with Crippen molar-refractivity contribution in [2.24, 2.45) is 7.05 Å². The summed E-state index contributed by atoms with van der Waals surface area (Å²) in [5.74, 6) is 0.699. The number of benzene rings is 1. The summed E-state index contributed by atoms with van der Waals surface area (Å²) in [5, 5.41) is 4.42. The zero-order valence-electron chi connectivity index (χ0n) is 8.96. The van der Waals surface area contributed by atoms with E-state index in [1.54, 1.807) is 4.68 Å². The van der Waals surface area contributed by atoms with Gasteiger partial charge in [0.15, 0.2) is 0 Å². The van der Waals surface area contributed by atoms with Gasteiger partial charge < -0.3 is 5.73 Å². The average molecular weight is 345 g/mol. The number of nitrogens with two attached hydrogens (primary N) is 1. The molecule has 16 heavy (non-hydrogen) atoms. The average Bonchev–Trinajstić information content (AvgIpc) is 2.46. The van der Waals surface area contributed by atoms with E-state index >= 15 is 0 Å². The van der Waals surface area contributed by atoms with E-state index in [1.807, 2.05) is 32.2 Å². The van der Waals surface area contributed by atoms with Crippen molar-refractivity contribution < 1.29 is 0 Å². The van der Waals surface area contributed by atoms with Crippen molar-refractivity contribution in [3.8, 4) is 11.3 Å². The van der Waals surface area contributed by atoms with Crippen LogP contribution in [-0.2, 0) is 7.05 Å². The van der Waals surface area contributed by atoms with Crippen LogP contribution in [0.15, 0.2) is 27.1 Å².